The molecule has 0 bridgehead atoms. The molecule has 0 fully saturated rings. The average molecular weight is 236 g/mol. The summed E-state index contributed by atoms with van der Waals surface area (Å²) in [6, 6.07) is 8.41. The van der Waals surface area contributed by atoms with Crippen molar-refractivity contribution < 1.29 is 4.74 Å². The normalized spacial score (nSPS) is 16.8. The molecule has 3 nitrogen and oxygen atoms in total. The zero-order chi connectivity index (χ0) is 11.4. The zero-order valence-corrected chi connectivity index (χ0v) is 10.4. The van der Waals surface area contributed by atoms with Crippen molar-refractivity contribution in [3.05, 3.63) is 29.8 Å². The van der Waals surface area contributed by atoms with Gasteiger partial charge in [0, 0.05) is 5.75 Å². The number of amidine groups is 1. The molecule has 1 unspecified atom stereocenters. The topological polar surface area (TPSA) is 33.6 Å². The van der Waals surface area contributed by atoms with E-state index >= 15 is 0 Å². The fraction of sp³-hybridized carbons (Fsp3) is 0.417. The predicted octanol–water partition coefficient (Wildman–Crippen LogP) is 2.45. The van der Waals surface area contributed by atoms with Crippen LogP contribution in [0.25, 0.3) is 0 Å². The van der Waals surface area contributed by atoms with E-state index in [1.807, 2.05) is 12.1 Å². The lowest BCUT2D eigenvalue weighted by Crippen LogP contribution is -2.22. The van der Waals surface area contributed by atoms with Crippen molar-refractivity contribution in [3.63, 3.8) is 0 Å². The number of aliphatic imine (C=N–C) groups is 1. The van der Waals surface area contributed by atoms with Crippen LogP contribution in [0.4, 0.5) is 0 Å². The Bertz CT molecular complexity index is 375. The highest BCUT2D eigenvalue weighted by atomic mass is 32.2. The van der Waals surface area contributed by atoms with Gasteiger partial charge in [-0.2, -0.15) is 0 Å². The van der Waals surface area contributed by atoms with Crippen molar-refractivity contribution in [2.75, 3.05) is 19.4 Å². The highest BCUT2D eigenvalue weighted by Crippen LogP contribution is 2.19. The van der Waals surface area contributed by atoms with Crippen LogP contribution in [0.2, 0.25) is 0 Å². The number of hydrogen-bond acceptors (Lipinski definition) is 4. The lowest BCUT2D eigenvalue weighted by Gasteiger charge is -2.15. The van der Waals surface area contributed by atoms with Gasteiger partial charge in [0.05, 0.1) is 19.7 Å². The molecule has 86 valence electrons. The van der Waals surface area contributed by atoms with Crippen LogP contribution in [-0.4, -0.2) is 24.6 Å². The Morgan fingerprint density at radius 3 is 2.69 bits per heavy atom. The Kier molecular flexibility index (Phi) is 3.72. The van der Waals surface area contributed by atoms with Gasteiger partial charge in [-0.1, -0.05) is 23.9 Å². The third-order valence-electron chi connectivity index (χ3n) is 2.54. The molecule has 1 heterocycles. The van der Waals surface area contributed by atoms with Crippen LogP contribution in [0.15, 0.2) is 29.3 Å². The van der Waals surface area contributed by atoms with Gasteiger partial charge in [0.25, 0.3) is 0 Å². The van der Waals surface area contributed by atoms with Crippen LogP contribution < -0.4 is 10.1 Å². The minimum Gasteiger partial charge on any atom is -0.497 e. The minimum atomic E-state index is 0.287. The van der Waals surface area contributed by atoms with Gasteiger partial charge in [-0.15, -0.1) is 0 Å². The molecule has 0 saturated heterocycles. The maximum atomic E-state index is 5.13. The van der Waals surface area contributed by atoms with Crippen LogP contribution in [0.3, 0.4) is 0 Å². The summed E-state index contributed by atoms with van der Waals surface area (Å²) in [4.78, 5) is 4.38. The molecule has 0 aromatic heterocycles. The van der Waals surface area contributed by atoms with E-state index in [0.29, 0.717) is 0 Å². The van der Waals surface area contributed by atoms with E-state index in [9.17, 15) is 0 Å². The van der Waals surface area contributed by atoms with Gasteiger partial charge >= 0.3 is 0 Å². The smallest absolute Gasteiger partial charge is 0.157 e. The molecular formula is C12H16N2OS. The van der Waals surface area contributed by atoms with Crippen molar-refractivity contribution in [1.82, 2.24) is 5.32 Å². The summed E-state index contributed by atoms with van der Waals surface area (Å²) in [6.07, 6.45) is 0. The predicted molar refractivity (Wildman–Crippen MR) is 69.3 cm³/mol. The largest absolute Gasteiger partial charge is 0.497 e. The van der Waals surface area contributed by atoms with E-state index in [0.717, 1.165) is 23.2 Å². The molecular weight excluding hydrogens is 220 g/mol. The fourth-order valence-corrected chi connectivity index (χ4v) is 2.40. The van der Waals surface area contributed by atoms with E-state index in [1.54, 1.807) is 18.9 Å². The Hall–Kier alpha value is -1.16. The monoisotopic (exact) mass is 236 g/mol. The average Bonchev–Trinajstić information content (AvgIpc) is 2.82. The van der Waals surface area contributed by atoms with Crippen LogP contribution in [-0.2, 0) is 0 Å². The molecule has 1 aromatic carbocycles. The third-order valence-corrected chi connectivity index (χ3v) is 3.45. The molecule has 0 amide bonds. The summed E-state index contributed by atoms with van der Waals surface area (Å²) in [6.45, 7) is 3.07. The van der Waals surface area contributed by atoms with Crippen molar-refractivity contribution in [2.24, 2.45) is 4.99 Å². The summed E-state index contributed by atoms with van der Waals surface area (Å²) in [5.74, 6) is 1.99. The summed E-state index contributed by atoms with van der Waals surface area (Å²) in [7, 11) is 1.68. The fourth-order valence-electron chi connectivity index (χ4n) is 1.58. The Morgan fingerprint density at radius 2 is 2.12 bits per heavy atom. The lowest BCUT2D eigenvalue weighted by molar-refractivity contribution is 0.414. The molecule has 0 saturated carbocycles. The molecule has 0 aliphatic carbocycles. The van der Waals surface area contributed by atoms with Crippen molar-refractivity contribution >= 4 is 16.9 Å². The molecule has 1 aromatic rings. The Morgan fingerprint density at radius 1 is 1.38 bits per heavy atom. The second-order valence-electron chi connectivity index (χ2n) is 3.67. The molecule has 4 heteroatoms. The van der Waals surface area contributed by atoms with Crippen LogP contribution in [0.5, 0.6) is 5.75 Å². The first-order valence-corrected chi connectivity index (χ1v) is 6.36. The number of hydrogen-bond donors (Lipinski definition) is 1. The quantitative estimate of drug-likeness (QED) is 0.875. The van der Waals surface area contributed by atoms with Gasteiger partial charge in [0.2, 0.25) is 0 Å². The maximum Gasteiger partial charge on any atom is 0.157 e. The van der Waals surface area contributed by atoms with Gasteiger partial charge in [-0.25, -0.2) is 0 Å². The summed E-state index contributed by atoms with van der Waals surface area (Å²) in [5, 5.41) is 4.46. The number of ether oxygens (including phenoxy) is 1. The molecule has 0 spiro atoms. The molecule has 0 radical (unpaired) electrons. The van der Waals surface area contributed by atoms with E-state index in [4.69, 9.17) is 4.74 Å². The summed E-state index contributed by atoms with van der Waals surface area (Å²) in [5.41, 5.74) is 1.25. The molecule has 1 N–H and O–H groups in total. The number of nitrogens with one attached hydrogen (secondary N) is 1. The van der Waals surface area contributed by atoms with Gasteiger partial charge in [-0.3, -0.25) is 4.99 Å². The van der Waals surface area contributed by atoms with E-state index in [-0.39, 0.29) is 6.04 Å². The van der Waals surface area contributed by atoms with E-state index < -0.39 is 0 Å². The zero-order valence-electron chi connectivity index (χ0n) is 9.56. The molecule has 1 aliphatic rings. The van der Waals surface area contributed by atoms with Crippen LogP contribution in [0, 0.1) is 0 Å². The number of methoxy groups -OCH3 is 1. The van der Waals surface area contributed by atoms with Crippen LogP contribution in [0.1, 0.15) is 18.5 Å². The number of thioether (sulfide) groups is 1. The van der Waals surface area contributed by atoms with Gasteiger partial charge < -0.3 is 10.1 Å². The van der Waals surface area contributed by atoms with Crippen molar-refractivity contribution in [1.29, 1.82) is 0 Å². The molecule has 1 atom stereocenters. The first kappa shape index (κ1) is 11.3. The second kappa shape index (κ2) is 5.25. The van der Waals surface area contributed by atoms with E-state index in [1.165, 1.54) is 5.56 Å². The van der Waals surface area contributed by atoms with Crippen molar-refractivity contribution in [3.8, 4) is 5.75 Å². The number of benzene rings is 1. The second-order valence-corrected chi connectivity index (χ2v) is 4.76. The van der Waals surface area contributed by atoms with E-state index in [2.05, 4.69) is 29.4 Å². The highest BCUT2D eigenvalue weighted by Gasteiger charge is 2.11. The molecule has 1 aliphatic heterocycles. The summed E-state index contributed by atoms with van der Waals surface area (Å²) < 4.78 is 5.13. The van der Waals surface area contributed by atoms with Gasteiger partial charge in [0.1, 0.15) is 5.75 Å². The minimum absolute atomic E-state index is 0.287. The van der Waals surface area contributed by atoms with Gasteiger partial charge in [0.15, 0.2) is 5.17 Å². The molecule has 2 rings (SSSR count). The number of nitrogens with zero attached hydrogens (tertiary/aromatic N) is 1. The Balaban J connectivity index is 1.99. The lowest BCUT2D eigenvalue weighted by atomic mass is 10.1. The highest BCUT2D eigenvalue weighted by molar-refractivity contribution is 8.14. The summed E-state index contributed by atoms with van der Waals surface area (Å²) >= 11 is 1.79. The number of rotatable bonds is 3. The standard InChI is InChI=1S/C12H16N2OS/c1-9(14-12-13-7-8-16-12)10-3-5-11(15-2)6-4-10/h3-6,9H,7-8H2,1-2H3,(H,13,14). The SMILES string of the molecule is COc1ccc(C(C)NC2=NCCS2)cc1. The first-order valence-electron chi connectivity index (χ1n) is 5.37. The van der Waals surface area contributed by atoms with Crippen molar-refractivity contribution in [2.45, 2.75) is 13.0 Å². The first-order chi connectivity index (χ1) is 7.79. The molecule has 16 heavy (non-hydrogen) atoms. The van der Waals surface area contributed by atoms with Gasteiger partial charge in [-0.05, 0) is 24.6 Å². The third kappa shape index (κ3) is 2.70. The Labute approximate surface area is 100 Å². The maximum absolute atomic E-state index is 5.13. The van der Waals surface area contributed by atoms with Crippen LogP contribution >= 0.6 is 11.8 Å².